The third-order valence-corrected chi connectivity index (χ3v) is 6.25. The van der Waals surface area contributed by atoms with Crippen LogP contribution in [-0.4, -0.2) is 48.3 Å². The number of fused-ring (bicyclic) bond motifs is 1. The van der Waals surface area contributed by atoms with Gasteiger partial charge in [0.25, 0.3) is 5.91 Å². The average molecular weight is 461 g/mol. The Morgan fingerprint density at radius 3 is 2.18 bits per heavy atom. The van der Waals surface area contributed by atoms with Gasteiger partial charge in [-0.1, -0.05) is 23.8 Å². The molecule has 3 atom stereocenters. The summed E-state index contributed by atoms with van der Waals surface area (Å²) in [6, 6.07) is 5.85. The van der Waals surface area contributed by atoms with Crippen LogP contribution in [0.15, 0.2) is 50.9 Å². The Morgan fingerprint density at radius 2 is 1.64 bits per heavy atom. The third-order valence-electron chi connectivity index (χ3n) is 6.25. The smallest absolute Gasteiger partial charge is 0.335 e. The van der Waals surface area contributed by atoms with Crippen molar-refractivity contribution in [1.82, 2.24) is 4.90 Å². The summed E-state index contributed by atoms with van der Waals surface area (Å²) in [5, 5.41) is 0. The Labute approximate surface area is 193 Å². The summed E-state index contributed by atoms with van der Waals surface area (Å²) in [6.07, 6.45) is -1.13. The molecule has 2 fully saturated rings. The van der Waals surface area contributed by atoms with Crippen LogP contribution in [0.3, 0.4) is 0 Å². The first kappa shape index (κ1) is 24.9. The molecule has 3 rings (SSSR count). The molecule has 1 aliphatic heterocycles. The molecular weight excluding hydrogens is 429 g/mol. The summed E-state index contributed by atoms with van der Waals surface area (Å²) in [6.45, 7) is 8.58. The lowest BCUT2D eigenvalue weighted by Crippen LogP contribution is -2.35. The number of hydrogen-bond donors (Lipinski definition) is 0. The number of carbonyl (C=O) groups excluding carboxylic acids is 1. The van der Waals surface area contributed by atoms with E-state index >= 15 is 0 Å². The lowest BCUT2D eigenvalue weighted by molar-refractivity contribution is -0.138. The fourth-order valence-corrected chi connectivity index (χ4v) is 5.05. The molecule has 2 aliphatic rings. The Bertz CT molecular complexity index is 1000. The van der Waals surface area contributed by atoms with Gasteiger partial charge in [-0.05, 0) is 76.0 Å². The highest BCUT2D eigenvalue weighted by Crippen LogP contribution is 2.48. The molecule has 1 unspecified atom stereocenters. The molecule has 5 nitrogen and oxygen atoms in total. The summed E-state index contributed by atoms with van der Waals surface area (Å²) in [4.78, 5) is 27.5. The van der Waals surface area contributed by atoms with E-state index < -0.39 is 11.7 Å². The van der Waals surface area contributed by atoms with Gasteiger partial charge in [0.2, 0.25) is 5.84 Å². The number of likely N-dealkylation sites (tertiary alicyclic amines) is 1. The maximum atomic E-state index is 13.4. The highest BCUT2D eigenvalue weighted by molar-refractivity contribution is 6.39. The molecule has 0 aromatic heterocycles. The first-order valence-corrected chi connectivity index (χ1v) is 11.2. The molecule has 0 radical (unpaired) electrons. The number of nitrogens with zero attached hydrogens (tertiary/aromatic N) is 4. The molecule has 0 spiro atoms. The number of aliphatic imine (C=N–C) groups is 3. The second-order valence-electron chi connectivity index (χ2n) is 9.16. The van der Waals surface area contributed by atoms with Crippen LogP contribution in [0.5, 0.6) is 0 Å². The summed E-state index contributed by atoms with van der Waals surface area (Å²) in [5.74, 6) is 0.515. The lowest BCUT2D eigenvalue weighted by Gasteiger charge is -2.21. The fraction of sp³-hybridized carbons (Fsp3) is 0.520. The van der Waals surface area contributed by atoms with E-state index in [0.717, 1.165) is 17.4 Å². The second kappa shape index (κ2) is 10.0. The maximum absolute atomic E-state index is 13.4. The number of hydrogen-bond acceptors (Lipinski definition) is 2. The normalized spacial score (nSPS) is 24.2. The van der Waals surface area contributed by atoms with Crippen molar-refractivity contribution >= 4 is 23.3 Å². The SMILES string of the molecule is CN=C(N=C(C)N=C(C)C=C(C)C)C(=O)N1C[C@H]2CC(c3ccccc3C(F)(F)F)C[C@H]2C1. The van der Waals surface area contributed by atoms with Crippen molar-refractivity contribution in [2.75, 3.05) is 20.1 Å². The van der Waals surface area contributed by atoms with Gasteiger partial charge in [0, 0.05) is 25.8 Å². The van der Waals surface area contributed by atoms with Crippen LogP contribution in [-0.2, 0) is 11.0 Å². The molecule has 1 aromatic rings. The standard InChI is InChI=1S/C25H31F3N4O/c1-15(2)10-16(3)30-17(4)31-23(29-5)24(33)32-13-19-11-18(12-20(19)14-32)21-8-6-7-9-22(21)25(26,27)28/h6-10,18-20H,11-14H2,1-5H3/t18?,19-,20+. The van der Waals surface area contributed by atoms with Crippen molar-refractivity contribution in [2.45, 2.75) is 52.6 Å². The Kier molecular flexibility index (Phi) is 7.55. The molecular formula is C25H31F3N4O. The quantitative estimate of drug-likeness (QED) is 0.423. The predicted octanol–water partition coefficient (Wildman–Crippen LogP) is 5.53. The predicted molar refractivity (Wildman–Crippen MR) is 126 cm³/mol. The van der Waals surface area contributed by atoms with E-state index in [1.807, 2.05) is 26.8 Å². The Hall–Kier alpha value is -2.77. The van der Waals surface area contributed by atoms with Gasteiger partial charge < -0.3 is 4.90 Å². The molecule has 1 saturated heterocycles. The number of halogens is 3. The minimum atomic E-state index is -4.36. The van der Waals surface area contributed by atoms with E-state index in [2.05, 4.69) is 15.0 Å². The first-order valence-electron chi connectivity index (χ1n) is 11.2. The Balaban J connectivity index is 1.68. The van der Waals surface area contributed by atoms with Gasteiger partial charge in [0.05, 0.1) is 5.56 Å². The third kappa shape index (κ3) is 5.97. The van der Waals surface area contributed by atoms with Crippen LogP contribution in [0.1, 0.15) is 57.6 Å². The number of benzene rings is 1. The van der Waals surface area contributed by atoms with Crippen LogP contribution < -0.4 is 0 Å². The highest BCUT2D eigenvalue weighted by Gasteiger charge is 2.45. The van der Waals surface area contributed by atoms with E-state index in [4.69, 9.17) is 0 Å². The summed E-state index contributed by atoms with van der Waals surface area (Å²) >= 11 is 0. The fourth-order valence-electron chi connectivity index (χ4n) is 5.05. The van der Waals surface area contributed by atoms with E-state index in [9.17, 15) is 18.0 Å². The van der Waals surface area contributed by atoms with Crippen LogP contribution in [0.25, 0.3) is 0 Å². The van der Waals surface area contributed by atoms with Crippen LogP contribution >= 0.6 is 0 Å². The van der Waals surface area contributed by atoms with E-state index in [-0.39, 0.29) is 29.5 Å². The number of allylic oxidation sites excluding steroid dienone is 2. The van der Waals surface area contributed by atoms with Crippen molar-refractivity contribution in [3.8, 4) is 0 Å². The number of alkyl halides is 3. The van der Waals surface area contributed by atoms with Crippen molar-refractivity contribution in [3.05, 3.63) is 47.0 Å². The van der Waals surface area contributed by atoms with Crippen LogP contribution in [0.2, 0.25) is 0 Å². The number of amidine groups is 2. The van der Waals surface area contributed by atoms with Crippen LogP contribution in [0, 0.1) is 11.8 Å². The monoisotopic (exact) mass is 460 g/mol. The molecule has 0 N–H and O–H groups in total. The minimum Gasteiger partial charge on any atom is -0.335 e. The van der Waals surface area contributed by atoms with Gasteiger partial charge in [0.1, 0.15) is 5.84 Å². The summed E-state index contributed by atoms with van der Waals surface area (Å²) in [5.41, 5.74) is 1.74. The molecule has 8 heteroatoms. The van der Waals surface area contributed by atoms with Gasteiger partial charge >= 0.3 is 6.18 Å². The largest absolute Gasteiger partial charge is 0.416 e. The van der Waals surface area contributed by atoms with Gasteiger partial charge in [-0.25, -0.2) is 9.98 Å². The summed E-state index contributed by atoms with van der Waals surface area (Å²) < 4.78 is 40.3. The zero-order chi connectivity index (χ0) is 24.3. The zero-order valence-electron chi connectivity index (χ0n) is 19.8. The molecule has 1 amide bonds. The molecule has 1 aromatic carbocycles. The van der Waals surface area contributed by atoms with Crippen molar-refractivity contribution in [2.24, 2.45) is 26.8 Å². The number of carbonyl (C=O) groups is 1. The topological polar surface area (TPSA) is 57.4 Å². The van der Waals surface area contributed by atoms with Gasteiger partial charge in [-0.2, -0.15) is 13.2 Å². The van der Waals surface area contributed by atoms with Gasteiger partial charge in [0.15, 0.2) is 0 Å². The van der Waals surface area contributed by atoms with Crippen LogP contribution in [0.4, 0.5) is 13.2 Å². The lowest BCUT2D eigenvalue weighted by atomic mass is 9.91. The zero-order valence-corrected chi connectivity index (χ0v) is 19.8. The molecule has 0 bridgehead atoms. The van der Waals surface area contributed by atoms with Crippen molar-refractivity contribution in [1.29, 1.82) is 0 Å². The molecule has 1 heterocycles. The number of rotatable bonds is 2. The van der Waals surface area contributed by atoms with Crippen molar-refractivity contribution < 1.29 is 18.0 Å². The van der Waals surface area contributed by atoms with E-state index in [0.29, 0.717) is 37.3 Å². The minimum absolute atomic E-state index is 0.0974. The molecule has 1 saturated carbocycles. The van der Waals surface area contributed by atoms with E-state index in [1.54, 1.807) is 24.0 Å². The van der Waals surface area contributed by atoms with Crippen molar-refractivity contribution in [3.63, 3.8) is 0 Å². The molecule has 1 aliphatic carbocycles. The average Bonchev–Trinajstić information content (AvgIpc) is 3.29. The second-order valence-corrected chi connectivity index (χ2v) is 9.16. The van der Waals surface area contributed by atoms with E-state index in [1.165, 1.54) is 13.1 Å². The van der Waals surface area contributed by atoms with Gasteiger partial charge in [-0.3, -0.25) is 9.79 Å². The molecule has 178 valence electrons. The maximum Gasteiger partial charge on any atom is 0.416 e. The highest BCUT2D eigenvalue weighted by atomic mass is 19.4. The summed E-state index contributed by atoms with van der Waals surface area (Å²) in [7, 11) is 1.53. The van der Waals surface area contributed by atoms with Gasteiger partial charge in [-0.15, -0.1) is 0 Å². The first-order chi connectivity index (χ1) is 15.5. The Morgan fingerprint density at radius 1 is 1.03 bits per heavy atom. The molecule has 33 heavy (non-hydrogen) atoms. The number of amides is 1.